The van der Waals surface area contributed by atoms with E-state index in [-0.39, 0.29) is 13.0 Å². The molecule has 0 aromatic carbocycles. The first kappa shape index (κ1) is 15.9. The van der Waals surface area contributed by atoms with Gasteiger partial charge in [0.1, 0.15) is 0 Å². The van der Waals surface area contributed by atoms with Crippen LogP contribution >= 0.6 is 11.6 Å². The molecule has 0 rings (SSSR count). The lowest BCUT2D eigenvalue weighted by Crippen LogP contribution is -2.33. The van der Waals surface area contributed by atoms with Crippen molar-refractivity contribution in [2.75, 3.05) is 12.5 Å². The first-order valence-corrected chi connectivity index (χ1v) is 6.00. The van der Waals surface area contributed by atoms with Crippen molar-refractivity contribution in [2.24, 2.45) is 0 Å². The van der Waals surface area contributed by atoms with Crippen molar-refractivity contribution in [3.63, 3.8) is 0 Å². The predicted octanol–water partition coefficient (Wildman–Crippen LogP) is 1.46. The van der Waals surface area contributed by atoms with Crippen LogP contribution in [0.2, 0.25) is 0 Å². The van der Waals surface area contributed by atoms with Gasteiger partial charge in [0.25, 0.3) is 5.78 Å². The highest BCUT2D eigenvalue weighted by atomic mass is 35.5. The number of hydrogen-bond donors (Lipinski definition) is 0. The molecule has 0 aliphatic heterocycles. The predicted molar refractivity (Wildman–Crippen MR) is 61.8 cm³/mol. The molecule has 0 amide bonds. The highest BCUT2D eigenvalue weighted by Crippen LogP contribution is 2.08. The maximum absolute atomic E-state index is 11.6. The summed E-state index contributed by atoms with van der Waals surface area (Å²) in [5.74, 6) is -1.93. The maximum Gasteiger partial charge on any atom is 0.378 e. The lowest BCUT2D eigenvalue weighted by molar-refractivity contribution is -0.163. The Morgan fingerprint density at radius 1 is 1.24 bits per heavy atom. The van der Waals surface area contributed by atoms with Crippen LogP contribution in [0.15, 0.2) is 0 Å². The summed E-state index contributed by atoms with van der Waals surface area (Å²) in [4.78, 5) is 33.6. The molecule has 0 aliphatic rings. The van der Waals surface area contributed by atoms with E-state index in [4.69, 9.17) is 16.3 Å². The van der Waals surface area contributed by atoms with Gasteiger partial charge >= 0.3 is 11.9 Å². The average molecular weight is 265 g/mol. The number of hydrogen-bond acceptors (Lipinski definition) is 5. The smallest absolute Gasteiger partial charge is 0.378 e. The molecule has 0 spiro atoms. The third kappa shape index (κ3) is 6.94. The van der Waals surface area contributed by atoms with Crippen LogP contribution in [0.25, 0.3) is 0 Å². The number of carbonyl (C=O) groups is 3. The number of alkyl halides is 1. The second-order valence-corrected chi connectivity index (χ2v) is 3.75. The van der Waals surface area contributed by atoms with Gasteiger partial charge in [-0.15, -0.1) is 11.6 Å². The molecule has 6 heteroatoms. The fourth-order valence-electron chi connectivity index (χ4n) is 1.20. The Balaban J connectivity index is 4.38. The molecule has 0 saturated carbocycles. The van der Waals surface area contributed by atoms with Crippen LogP contribution in [0, 0.1) is 0 Å². The highest BCUT2D eigenvalue weighted by molar-refractivity contribution is 6.35. The summed E-state index contributed by atoms with van der Waals surface area (Å²) in [7, 11) is 0. The minimum atomic E-state index is -1.06. The van der Waals surface area contributed by atoms with Gasteiger partial charge in [0.15, 0.2) is 6.10 Å². The van der Waals surface area contributed by atoms with E-state index < -0.39 is 23.8 Å². The van der Waals surface area contributed by atoms with Gasteiger partial charge in [-0.2, -0.15) is 0 Å². The molecular weight excluding hydrogens is 248 g/mol. The molecule has 5 nitrogen and oxygen atoms in total. The second-order valence-electron chi connectivity index (χ2n) is 3.37. The molecule has 0 N–H and O–H groups in total. The Morgan fingerprint density at radius 3 is 2.35 bits per heavy atom. The number of carbonyl (C=O) groups excluding carboxylic acids is 3. The van der Waals surface area contributed by atoms with Crippen LogP contribution in [0.4, 0.5) is 0 Å². The third-order valence-electron chi connectivity index (χ3n) is 1.93. The van der Waals surface area contributed by atoms with E-state index in [0.717, 1.165) is 0 Å². The summed E-state index contributed by atoms with van der Waals surface area (Å²) in [6.45, 7) is 2.89. The number of esters is 2. The van der Waals surface area contributed by atoms with E-state index in [0.29, 0.717) is 18.7 Å². The van der Waals surface area contributed by atoms with Crippen LogP contribution in [-0.4, -0.2) is 36.3 Å². The molecule has 0 unspecified atom stereocenters. The van der Waals surface area contributed by atoms with Gasteiger partial charge in [0.2, 0.25) is 0 Å². The number of ether oxygens (including phenoxy) is 2. The van der Waals surface area contributed by atoms with Gasteiger partial charge in [-0.3, -0.25) is 9.59 Å². The first-order valence-electron chi connectivity index (χ1n) is 5.47. The van der Waals surface area contributed by atoms with Crippen molar-refractivity contribution in [1.82, 2.24) is 0 Å². The van der Waals surface area contributed by atoms with Crippen molar-refractivity contribution >= 4 is 29.3 Å². The van der Waals surface area contributed by atoms with E-state index in [1.165, 1.54) is 6.92 Å². The summed E-state index contributed by atoms with van der Waals surface area (Å²) in [5.41, 5.74) is 0. The molecule has 98 valence electrons. The second kappa shape index (κ2) is 8.98. The van der Waals surface area contributed by atoms with E-state index in [9.17, 15) is 14.4 Å². The van der Waals surface area contributed by atoms with Gasteiger partial charge < -0.3 is 9.47 Å². The average Bonchev–Trinajstić information content (AvgIpc) is 2.27. The summed E-state index contributed by atoms with van der Waals surface area (Å²) in [6.07, 6.45) is 0.515. The lowest BCUT2D eigenvalue weighted by atomic mass is 10.1. The standard InChI is InChI=1S/C11H17ClO5/c1-3-16-11(15)10(14)9(17-8(2)13)6-4-5-7-12/h9H,3-7H2,1-2H3/t9-/m1/s1. The fourth-order valence-corrected chi connectivity index (χ4v) is 1.39. The van der Waals surface area contributed by atoms with Crippen molar-refractivity contribution in [1.29, 1.82) is 0 Å². The third-order valence-corrected chi connectivity index (χ3v) is 2.19. The van der Waals surface area contributed by atoms with Gasteiger partial charge in [0.05, 0.1) is 6.61 Å². The van der Waals surface area contributed by atoms with Crippen LogP contribution in [0.3, 0.4) is 0 Å². The Bertz CT molecular complexity index is 277. The van der Waals surface area contributed by atoms with Gasteiger partial charge in [0, 0.05) is 12.8 Å². The molecule has 0 fully saturated rings. The first-order chi connectivity index (χ1) is 8.02. The van der Waals surface area contributed by atoms with E-state index in [1.54, 1.807) is 6.92 Å². The molecule has 0 heterocycles. The summed E-state index contributed by atoms with van der Waals surface area (Å²) < 4.78 is 9.36. The monoisotopic (exact) mass is 264 g/mol. The number of unbranched alkanes of at least 4 members (excludes halogenated alkanes) is 1. The van der Waals surface area contributed by atoms with E-state index in [1.807, 2.05) is 0 Å². The lowest BCUT2D eigenvalue weighted by Gasteiger charge is -2.14. The minimum absolute atomic E-state index is 0.110. The van der Waals surface area contributed by atoms with Crippen LogP contribution < -0.4 is 0 Å². The topological polar surface area (TPSA) is 69.7 Å². The van der Waals surface area contributed by atoms with Gasteiger partial charge in [-0.05, 0) is 26.2 Å². The number of rotatable bonds is 8. The zero-order valence-corrected chi connectivity index (χ0v) is 10.8. The molecule has 0 saturated heterocycles. The van der Waals surface area contributed by atoms with Gasteiger partial charge in [-0.25, -0.2) is 4.79 Å². The quantitative estimate of drug-likeness (QED) is 0.287. The number of ketones is 1. The Labute approximate surface area is 105 Å². The minimum Gasteiger partial charge on any atom is -0.460 e. The van der Waals surface area contributed by atoms with Gasteiger partial charge in [-0.1, -0.05) is 0 Å². The molecule has 17 heavy (non-hydrogen) atoms. The van der Waals surface area contributed by atoms with E-state index >= 15 is 0 Å². The summed E-state index contributed by atoms with van der Waals surface area (Å²) >= 11 is 5.50. The molecule has 0 bridgehead atoms. The zero-order valence-electron chi connectivity index (χ0n) is 10.0. The van der Waals surface area contributed by atoms with Crippen molar-refractivity contribution in [2.45, 2.75) is 39.2 Å². The van der Waals surface area contributed by atoms with Crippen LogP contribution in [0.1, 0.15) is 33.1 Å². The fraction of sp³-hybridized carbons (Fsp3) is 0.727. The largest absolute Gasteiger partial charge is 0.460 e. The Morgan fingerprint density at radius 2 is 1.88 bits per heavy atom. The summed E-state index contributed by atoms with van der Waals surface area (Å²) in [6, 6.07) is 0. The maximum atomic E-state index is 11.6. The molecule has 0 aromatic heterocycles. The normalized spacial score (nSPS) is 11.7. The number of Topliss-reactive ketones (excluding diaryl/α,β-unsaturated/α-hetero) is 1. The summed E-state index contributed by atoms with van der Waals surface area (Å²) in [5, 5.41) is 0. The molecular formula is C11H17ClO5. The van der Waals surface area contributed by atoms with Crippen molar-refractivity contribution in [3.05, 3.63) is 0 Å². The SMILES string of the molecule is CCOC(=O)C(=O)[C@@H](CCCCCl)OC(C)=O. The molecule has 0 aliphatic carbocycles. The highest BCUT2D eigenvalue weighted by Gasteiger charge is 2.28. The van der Waals surface area contributed by atoms with Crippen molar-refractivity contribution < 1.29 is 23.9 Å². The number of halogens is 1. The molecule has 0 radical (unpaired) electrons. The molecule has 1 atom stereocenters. The van der Waals surface area contributed by atoms with Crippen LogP contribution in [0.5, 0.6) is 0 Å². The van der Waals surface area contributed by atoms with E-state index in [2.05, 4.69) is 4.74 Å². The molecule has 0 aromatic rings. The zero-order chi connectivity index (χ0) is 13.3. The Kier molecular flexibility index (Phi) is 8.40. The Hall–Kier alpha value is -1.10. The van der Waals surface area contributed by atoms with Crippen LogP contribution in [-0.2, 0) is 23.9 Å². The van der Waals surface area contributed by atoms with Crippen molar-refractivity contribution in [3.8, 4) is 0 Å².